The minimum Gasteiger partial charge on any atom is -0.392 e. The summed E-state index contributed by atoms with van der Waals surface area (Å²) in [7, 11) is 0. The van der Waals surface area contributed by atoms with Gasteiger partial charge in [-0.3, -0.25) is 4.79 Å². The van der Waals surface area contributed by atoms with E-state index in [2.05, 4.69) is 12.2 Å². The van der Waals surface area contributed by atoms with Crippen molar-refractivity contribution in [3.8, 4) is 0 Å². The number of carbonyl (C=O) groups excluding carboxylic acids is 1. The number of hydrogen-bond acceptors (Lipinski definition) is 3. The maximum Gasteiger partial charge on any atom is 0.233 e. The summed E-state index contributed by atoms with van der Waals surface area (Å²) in [6.07, 6.45) is 3.58. The fraction of sp³-hybridized carbons (Fsp3) is 0.818. The molecule has 0 fully saturated rings. The third-order valence-electron chi connectivity index (χ3n) is 2.95. The minimum absolute atomic E-state index is 0.0524. The number of rotatable bonds is 7. The Labute approximate surface area is 108 Å². The number of nitrogens with two attached hydrogens (primary N) is 1. The maximum atomic E-state index is 12.1. The van der Waals surface area contributed by atoms with Crippen molar-refractivity contribution in [1.82, 2.24) is 5.32 Å². The molecule has 0 bridgehead atoms. The lowest BCUT2D eigenvalue weighted by atomic mass is 9.86. The second-order valence-electron chi connectivity index (χ2n) is 4.08. The molecule has 5 heteroatoms. The van der Waals surface area contributed by atoms with E-state index in [1.807, 2.05) is 13.2 Å². The highest BCUT2D eigenvalue weighted by atomic mass is 32.2. The first-order valence-corrected chi connectivity index (χ1v) is 7.32. The van der Waals surface area contributed by atoms with Gasteiger partial charge in [-0.25, -0.2) is 0 Å². The summed E-state index contributed by atoms with van der Waals surface area (Å²) in [6, 6.07) is 0.197. The average molecular weight is 262 g/mol. The highest BCUT2D eigenvalue weighted by Gasteiger charge is 2.35. The van der Waals surface area contributed by atoms with Crippen LogP contribution >= 0.6 is 24.0 Å². The Balaban J connectivity index is 4.59. The van der Waals surface area contributed by atoms with Crippen molar-refractivity contribution in [2.24, 2.45) is 11.1 Å². The van der Waals surface area contributed by atoms with Crippen LogP contribution in [0.25, 0.3) is 0 Å². The molecule has 0 aromatic rings. The first-order valence-electron chi connectivity index (χ1n) is 5.52. The number of amides is 1. The summed E-state index contributed by atoms with van der Waals surface area (Å²) in [5.41, 5.74) is 4.92. The third-order valence-corrected chi connectivity index (χ3v) is 4.13. The van der Waals surface area contributed by atoms with Crippen molar-refractivity contribution in [1.29, 1.82) is 0 Å². The molecular weight excluding hydrogens is 240 g/mol. The molecular formula is C11H22N2OS2. The molecule has 0 aromatic heterocycles. The monoisotopic (exact) mass is 262 g/mol. The lowest BCUT2D eigenvalue weighted by molar-refractivity contribution is -0.127. The number of nitrogens with one attached hydrogen (secondary N) is 1. The van der Waals surface area contributed by atoms with Crippen LogP contribution in [-0.4, -0.2) is 28.9 Å². The first kappa shape index (κ1) is 15.7. The van der Waals surface area contributed by atoms with Gasteiger partial charge in [-0.1, -0.05) is 26.1 Å². The molecule has 94 valence electrons. The summed E-state index contributed by atoms with van der Waals surface area (Å²) in [5, 5.41) is 3.01. The highest BCUT2D eigenvalue weighted by molar-refractivity contribution is 7.98. The lowest BCUT2D eigenvalue weighted by Gasteiger charge is -2.28. The average Bonchev–Trinajstić information content (AvgIpc) is 2.26. The van der Waals surface area contributed by atoms with E-state index in [1.54, 1.807) is 18.7 Å². The van der Waals surface area contributed by atoms with Crippen molar-refractivity contribution in [3.63, 3.8) is 0 Å². The van der Waals surface area contributed by atoms with Gasteiger partial charge >= 0.3 is 0 Å². The minimum atomic E-state index is -0.721. The largest absolute Gasteiger partial charge is 0.392 e. The van der Waals surface area contributed by atoms with Crippen molar-refractivity contribution in [3.05, 3.63) is 0 Å². The molecule has 0 aliphatic rings. The second kappa shape index (κ2) is 7.12. The second-order valence-corrected chi connectivity index (χ2v) is 5.43. The normalized spacial score (nSPS) is 16.2. The van der Waals surface area contributed by atoms with E-state index in [4.69, 9.17) is 18.0 Å². The third kappa shape index (κ3) is 3.94. The van der Waals surface area contributed by atoms with Crippen LogP contribution in [0.15, 0.2) is 0 Å². The smallest absolute Gasteiger partial charge is 0.233 e. The van der Waals surface area contributed by atoms with E-state index in [0.29, 0.717) is 6.42 Å². The van der Waals surface area contributed by atoms with Crippen LogP contribution in [0.1, 0.15) is 33.6 Å². The van der Waals surface area contributed by atoms with E-state index in [0.717, 1.165) is 12.2 Å². The van der Waals surface area contributed by atoms with Crippen molar-refractivity contribution in [2.75, 3.05) is 12.0 Å². The van der Waals surface area contributed by atoms with Crippen LogP contribution in [0.3, 0.4) is 0 Å². The van der Waals surface area contributed by atoms with E-state index in [1.165, 1.54) is 0 Å². The summed E-state index contributed by atoms with van der Waals surface area (Å²) in [6.45, 7) is 5.79. The quantitative estimate of drug-likeness (QED) is 0.689. The first-order chi connectivity index (χ1) is 7.42. The van der Waals surface area contributed by atoms with Gasteiger partial charge in [0.25, 0.3) is 0 Å². The van der Waals surface area contributed by atoms with E-state index >= 15 is 0 Å². The number of hydrogen-bond donors (Lipinski definition) is 2. The van der Waals surface area contributed by atoms with Crippen LogP contribution in [-0.2, 0) is 4.79 Å². The van der Waals surface area contributed by atoms with Crippen LogP contribution in [0.2, 0.25) is 0 Å². The topological polar surface area (TPSA) is 55.1 Å². The summed E-state index contributed by atoms with van der Waals surface area (Å²) in [4.78, 5) is 12.4. The Kier molecular flexibility index (Phi) is 6.99. The number of thiocarbonyl (C=S) groups is 1. The van der Waals surface area contributed by atoms with E-state index in [-0.39, 0.29) is 16.9 Å². The van der Waals surface area contributed by atoms with Gasteiger partial charge in [-0.05, 0) is 26.0 Å². The Bertz CT molecular complexity index is 258. The van der Waals surface area contributed by atoms with Gasteiger partial charge < -0.3 is 11.1 Å². The summed E-state index contributed by atoms with van der Waals surface area (Å²) < 4.78 is 0. The SMILES string of the molecule is CCC(CSC)NC(=O)C(C)(CC)C(N)=S. The Morgan fingerprint density at radius 2 is 2.12 bits per heavy atom. The molecule has 0 spiro atoms. The molecule has 0 rings (SSSR count). The van der Waals surface area contributed by atoms with Gasteiger partial charge in [0.1, 0.15) is 0 Å². The van der Waals surface area contributed by atoms with Gasteiger partial charge in [0.05, 0.1) is 10.4 Å². The predicted molar refractivity (Wildman–Crippen MR) is 75.8 cm³/mol. The van der Waals surface area contributed by atoms with Gasteiger partial charge in [-0.15, -0.1) is 0 Å². The Morgan fingerprint density at radius 3 is 2.44 bits per heavy atom. The molecule has 2 unspecified atom stereocenters. The molecule has 0 aromatic carbocycles. The Morgan fingerprint density at radius 1 is 1.56 bits per heavy atom. The van der Waals surface area contributed by atoms with Crippen LogP contribution < -0.4 is 11.1 Å². The zero-order chi connectivity index (χ0) is 12.8. The molecule has 0 radical (unpaired) electrons. The van der Waals surface area contributed by atoms with Gasteiger partial charge in [0.15, 0.2) is 0 Å². The molecule has 0 saturated carbocycles. The number of thioether (sulfide) groups is 1. The lowest BCUT2D eigenvalue weighted by Crippen LogP contribution is -2.50. The van der Waals surface area contributed by atoms with Crippen molar-refractivity contribution >= 4 is 34.9 Å². The zero-order valence-corrected chi connectivity index (χ0v) is 12.1. The molecule has 1 amide bonds. The van der Waals surface area contributed by atoms with Crippen molar-refractivity contribution < 1.29 is 4.79 Å². The van der Waals surface area contributed by atoms with Crippen LogP contribution in [0.4, 0.5) is 0 Å². The molecule has 2 atom stereocenters. The van der Waals surface area contributed by atoms with Gasteiger partial charge in [0, 0.05) is 11.8 Å². The fourth-order valence-electron chi connectivity index (χ4n) is 1.25. The standard InChI is InChI=1S/C11H22N2OS2/c1-5-8(7-16-4)13-10(14)11(3,6-2)9(12)15/h8H,5-7H2,1-4H3,(H2,12,15)(H,13,14). The molecule has 0 aliphatic carbocycles. The summed E-state index contributed by atoms with van der Waals surface area (Å²) >= 11 is 6.70. The van der Waals surface area contributed by atoms with Crippen LogP contribution in [0.5, 0.6) is 0 Å². The highest BCUT2D eigenvalue weighted by Crippen LogP contribution is 2.22. The fourth-order valence-corrected chi connectivity index (χ4v) is 2.21. The number of carbonyl (C=O) groups is 1. The summed E-state index contributed by atoms with van der Waals surface area (Å²) in [5.74, 6) is 0.864. The van der Waals surface area contributed by atoms with E-state index < -0.39 is 5.41 Å². The molecule has 3 nitrogen and oxygen atoms in total. The molecule has 0 aliphatic heterocycles. The van der Waals surface area contributed by atoms with E-state index in [9.17, 15) is 4.79 Å². The van der Waals surface area contributed by atoms with Crippen LogP contribution in [0, 0.1) is 5.41 Å². The molecule has 16 heavy (non-hydrogen) atoms. The van der Waals surface area contributed by atoms with Gasteiger partial charge in [0.2, 0.25) is 5.91 Å². The van der Waals surface area contributed by atoms with Gasteiger partial charge in [-0.2, -0.15) is 11.8 Å². The molecule has 0 heterocycles. The van der Waals surface area contributed by atoms with Crippen molar-refractivity contribution in [2.45, 2.75) is 39.7 Å². The molecule has 3 N–H and O–H groups in total. The Hall–Kier alpha value is -0.290. The predicted octanol–water partition coefficient (Wildman–Crippen LogP) is 1.95. The maximum absolute atomic E-state index is 12.1. The zero-order valence-electron chi connectivity index (χ0n) is 10.5. The molecule has 0 saturated heterocycles.